The quantitative estimate of drug-likeness (QED) is 0.382. The largest absolute Gasteiger partial charge is 0.356 e. The average molecular weight is 326 g/mol. The predicted octanol–water partition coefficient (Wildman–Crippen LogP) is 0.609. The molecule has 0 aromatic carbocycles. The van der Waals surface area contributed by atoms with Gasteiger partial charge in [-0.05, 0) is 5.92 Å². The van der Waals surface area contributed by atoms with Crippen molar-refractivity contribution in [3.05, 3.63) is 0 Å². The summed E-state index contributed by atoms with van der Waals surface area (Å²) in [5.41, 5.74) is 0. The Morgan fingerprint density at radius 1 is 0.778 bits per heavy atom. The summed E-state index contributed by atoms with van der Waals surface area (Å²) in [6.07, 6.45) is -0.393. The van der Waals surface area contributed by atoms with Gasteiger partial charge in [-0.3, -0.25) is 13.7 Å². The fraction of sp³-hybridized carbons (Fsp3) is 1.00. The smallest absolute Gasteiger partial charge is 0.323 e. The second-order valence-electron chi connectivity index (χ2n) is 3.83. The molecule has 0 aromatic heterocycles. The molecule has 0 saturated heterocycles. The van der Waals surface area contributed by atoms with Crippen molar-refractivity contribution in [2.45, 2.75) is 31.3 Å². The van der Waals surface area contributed by atoms with Gasteiger partial charge in [0.25, 0.3) is 4.64 Å². The standard InChI is InChI=1S/C6H17O9P3/c1-3-5(4-2)6(16(7,8)9,17(10,11)12)18(13,14)15/h5H,3-4H2,1-2H3,(H2,7,8,9)(H2,10,11,12)(H2,13,14,15). The Hall–Kier alpha value is 0.450. The van der Waals surface area contributed by atoms with Gasteiger partial charge in [0, 0.05) is 0 Å². The zero-order valence-electron chi connectivity index (χ0n) is 9.74. The van der Waals surface area contributed by atoms with Crippen molar-refractivity contribution in [2.24, 2.45) is 5.92 Å². The molecule has 110 valence electrons. The lowest BCUT2D eigenvalue weighted by Crippen LogP contribution is -2.37. The van der Waals surface area contributed by atoms with Crippen LogP contribution in [0.4, 0.5) is 0 Å². The van der Waals surface area contributed by atoms with Gasteiger partial charge in [0.1, 0.15) is 0 Å². The van der Waals surface area contributed by atoms with Gasteiger partial charge in [0.2, 0.25) is 0 Å². The van der Waals surface area contributed by atoms with E-state index in [-0.39, 0.29) is 12.8 Å². The molecule has 0 rings (SSSR count). The third-order valence-electron chi connectivity index (χ3n) is 2.82. The maximum absolute atomic E-state index is 11.4. The summed E-state index contributed by atoms with van der Waals surface area (Å²) in [5.74, 6) is -1.51. The Bertz CT molecular complexity index is 369. The van der Waals surface area contributed by atoms with Gasteiger partial charge in [0.05, 0.1) is 0 Å². The van der Waals surface area contributed by atoms with Gasteiger partial charge in [-0.25, -0.2) is 0 Å². The minimum absolute atomic E-state index is 0.197. The number of hydrogen-bond donors (Lipinski definition) is 6. The van der Waals surface area contributed by atoms with E-state index in [0.29, 0.717) is 0 Å². The van der Waals surface area contributed by atoms with E-state index in [4.69, 9.17) is 29.4 Å². The van der Waals surface area contributed by atoms with E-state index in [2.05, 4.69) is 0 Å². The van der Waals surface area contributed by atoms with Crippen molar-refractivity contribution in [1.82, 2.24) is 0 Å². The molecule has 0 aromatic rings. The predicted molar refractivity (Wildman–Crippen MR) is 62.9 cm³/mol. The molecule has 18 heavy (non-hydrogen) atoms. The molecule has 12 heteroatoms. The van der Waals surface area contributed by atoms with E-state index >= 15 is 0 Å². The van der Waals surface area contributed by atoms with Crippen LogP contribution in [0, 0.1) is 5.92 Å². The fourth-order valence-electron chi connectivity index (χ4n) is 2.06. The van der Waals surface area contributed by atoms with E-state index in [1.807, 2.05) is 0 Å². The van der Waals surface area contributed by atoms with E-state index in [0.717, 1.165) is 0 Å². The fourth-order valence-corrected chi connectivity index (χ4v) is 8.65. The Morgan fingerprint density at radius 2 is 1.00 bits per heavy atom. The average Bonchev–Trinajstić information content (AvgIpc) is 2.06. The molecule has 0 bridgehead atoms. The van der Waals surface area contributed by atoms with Gasteiger partial charge in [-0.15, -0.1) is 0 Å². The first kappa shape index (κ1) is 18.4. The van der Waals surface area contributed by atoms with E-state index in [1.54, 1.807) is 0 Å². The molecule has 0 aliphatic rings. The van der Waals surface area contributed by atoms with Crippen LogP contribution in [0.2, 0.25) is 0 Å². The molecule has 0 saturated carbocycles. The summed E-state index contributed by atoms with van der Waals surface area (Å²) in [4.78, 5) is 55.0. The van der Waals surface area contributed by atoms with Crippen LogP contribution in [0.1, 0.15) is 26.7 Å². The van der Waals surface area contributed by atoms with Crippen LogP contribution < -0.4 is 0 Å². The molecule has 0 aliphatic heterocycles. The van der Waals surface area contributed by atoms with E-state index in [1.165, 1.54) is 13.8 Å². The minimum Gasteiger partial charge on any atom is -0.323 e. The molecule has 0 heterocycles. The molecule has 0 unspecified atom stereocenters. The Morgan fingerprint density at radius 3 is 1.06 bits per heavy atom. The minimum atomic E-state index is -5.77. The molecule has 0 radical (unpaired) electrons. The van der Waals surface area contributed by atoms with Crippen LogP contribution in [0.5, 0.6) is 0 Å². The lowest BCUT2D eigenvalue weighted by Gasteiger charge is -2.39. The molecule has 0 spiro atoms. The van der Waals surface area contributed by atoms with Crippen molar-refractivity contribution in [3.63, 3.8) is 0 Å². The highest BCUT2D eigenvalue weighted by molar-refractivity contribution is 7.88. The van der Waals surface area contributed by atoms with Crippen molar-refractivity contribution in [1.29, 1.82) is 0 Å². The van der Waals surface area contributed by atoms with Gasteiger partial charge in [-0.1, -0.05) is 26.7 Å². The first-order chi connectivity index (χ1) is 7.77. The van der Waals surface area contributed by atoms with Crippen LogP contribution in [0.15, 0.2) is 0 Å². The Balaban J connectivity index is 6.55. The lowest BCUT2D eigenvalue weighted by atomic mass is 10.1. The van der Waals surface area contributed by atoms with Crippen LogP contribution >= 0.6 is 22.8 Å². The topological polar surface area (TPSA) is 173 Å². The SMILES string of the molecule is CCC(CC)C(P(=O)(O)O)(P(=O)(O)O)P(=O)(O)O. The first-order valence-electron chi connectivity index (χ1n) is 4.94. The van der Waals surface area contributed by atoms with Crippen molar-refractivity contribution < 1.29 is 43.1 Å². The monoisotopic (exact) mass is 326 g/mol. The molecular formula is C6H17O9P3. The lowest BCUT2D eigenvalue weighted by molar-refractivity contribution is 0.264. The summed E-state index contributed by atoms with van der Waals surface area (Å²) < 4.78 is 30.6. The van der Waals surface area contributed by atoms with Crippen LogP contribution in [-0.4, -0.2) is 34.0 Å². The normalized spacial score (nSPS) is 15.2. The van der Waals surface area contributed by atoms with Crippen molar-refractivity contribution in [3.8, 4) is 0 Å². The van der Waals surface area contributed by atoms with Gasteiger partial charge < -0.3 is 29.4 Å². The number of rotatable bonds is 6. The highest BCUT2D eigenvalue weighted by Gasteiger charge is 2.74. The Labute approximate surface area is 104 Å². The molecular weight excluding hydrogens is 309 g/mol. The summed E-state index contributed by atoms with van der Waals surface area (Å²) in [7, 11) is -17.3. The van der Waals surface area contributed by atoms with Crippen LogP contribution in [0.3, 0.4) is 0 Å². The van der Waals surface area contributed by atoms with Crippen LogP contribution in [0.25, 0.3) is 0 Å². The highest BCUT2D eigenvalue weighted by atomic mass is 31.3. The molecule has 6 N–H and O–H groups in total. The molecule has 0 aliphatic carbocycles. The van der Waals surface area contributed by atoms with E-state index in [9.17, 15) is 13.7 Å². The Kier molecular flexibility index (Phi) is 5.58. The molecule has 0 atom stereocenters. The maximum atomic E-state index is 11.4. The van der Waals surface area contributed by atoms with Gasteiger partial charge >= 0.3 is 22.8 Å². The number of hydrogen-bond acceptors (Lipinski definition) is 3. The molecule has 9 nitrogen and oxygen atoms in total. The van der Waals surface area contributed by atoms with Gasteiger partial charge in [0.15, 0.2) is 0 Å². The van der Waals surface area contributed by atoms with Crippen molar-refractivity contribution >= 4 is 22.8 Å². The first-order valence-corrected chi connectivity index (χ1v) is 9.78. The van der Waals surface area contributed by atoms with Crippen molar-refractivity contribution in [2.75, 3.05) is 0 Å². The third-order valence-corrected chi connectivity index (χ3v) is 11.2. The zero-order valence-corrected chi connectivity index (χ0v) is 12.4. The summed E-state index contributed by atoms with van der Waals surface area (Å²) in [6.45, 7) is 2.67. The second-order valence-corrected chi connectivity index (χ2v) is 10.3. The second kappa shape index (κ2) is 5.44. The van der Waals surface area contributed by atoms with Gasteiger partial charge in [-0.2, -0.15) is 0 Å². The van der Waals surface area contributed by atoms with Crippen LogP contribution in [-0.2, 0) is 13.7 Å². The highest BCUT2D eigenvalue weighted by Crippen LogP contribution is 2.85. The summed E-state index contributed by atoms with van der Waals surface area (Å²) in [6, 6.07) is 0. The summed E-state index contributed by atoms with van der Waals surface area (Å²) >= 11 is 0. The molecule has 0 amide bonds. The maximum Gasteiger partial charge on any atom is 0.356 e. The molecule has 0 fully saturated rings. The zero-order chi connectivity index (χ0) is 15.0. The van der Waals surface area contributed by atoms with E-state index < -0.39 is 33.3 Å². The third kappa shape index (κ3) is 2.80. The summed E-state index contributed by atoms with van der Waals surface area (Å²) in [5, 5.41) is 0.